The third-order valence-electron chi connectivity index (χ3n) is 9.61. The van der Waals surface area contributed by atoms with E-state index in [0.717, 1.165) is 0 Å². The van der Waals surface area contributed by atoms with Gasteiger partial charge >= 0.3 is 77.5 Å². The highest BCUT2D eigenvalue weighted by Gasteiger charge is 3.02. The molecule has 0 fully saturated rings. The highest BCUT2D eigenvalue weighted by Crippen LogP contribution is 2.69. The molecule has 0 N–H and O–H groups in total. The maximum Gasteiger partial charge on any atom is 0.460 e. The Balaban J connectivity index is 0.000000762. The summed E-state index contributed by atoms with van der Waals surface area (Å²) in [6.45, 7) is -2.31. The van der Waals surface area contributed by atoms with Gasteiger partial charge in [0.1, 0.15) is 10.1 Å². The van der Waals surface area contributed by atoms with Crippen LogP contribution in [0.5, 0.6) is 0 Å². The van der Waals surface area contributed by atoms with Gasteiger partial charge in [-0.2, -0.15) is 114 Å². The van der Waals surface area contributed by atoms with Crippen molar-refractivity contribution in [3.8, 4) is 0 Å². The summed E-state index contributed by atoms with van der Waals surface area (Å²) in [6, 6.07) is 32.2. The molecule has 0 amide bonds. The first-order valence-electron chi connectivity index (χ1n) is 18.7. The average molecular weight is 1200 g/mol. The number of esters is 1. The molecule has 0 aliphatic rings. The van der Waals surface area contributed by atoms with Crippen LogP contribution in [0.3, 0.4) is 0 Å². The quantitative estimate of drug-likeness (QED) is 0.0265. The molecule has 3 aromatic rings. The van der Waals surface area contributed by atoms with E-state index in [1.54, 1.807) is 0 Å². The van der Waals surface area contributed by atoms with Crippen LogP contribution in [-0.2, 0) is 30.5 Å². The lowest BCUT2D eigenvalue weighted by molar-refractivity contribution is -0.457. The van der Waals surface area contributed by atoms with E-state index in [9.17, 15) is 114 Å². The van der Waals surface area contributed by atoms with Crippen molar-refractivity contribution in [3.63, 3.8) is 0 Å². The Morgan fingerprint density at radius 3 is 0.917 bits per heavy atom. The first-order valence-corrected chi connectivity index (χ1v) is 22.4. The lowest BCUT2D eigenvalue weighted by Crippen LogP contribution is -2.84. The highest BCUT2D eigenvalue weighted by atomic mass is 79.9. The number of alkyl halides is 27. The second kappa shape index (κ2) is 21.4. The van der Waals surface area contributed by atoms with E-state index in [1.165, 1.54) is 14.7 Å². The van der Waals surface area contributed by atoms with Crippen LogP contribution in [0.25, 0.3) is 0 Å². The fourth-order valence-corrected chi connectivity index (χ4v) is 9.39. The Morgan fingerprint density at radius 1 is 0.417 bits per heavy atom. The standard InChI is InChI=1S/C20H13BrF26O5S.C18H15S/c21-5-3-1-2-4-6-52-7(48)8(53(49,50)51,9(22,23)11(26,27)13(30,31)15(34,35)17(38,39)19(42,43)44)10(24,25)12(28,29)14(32,33)16(36,37)18(40,41)20(45,46)47;1-4-10-16(11-5-1)19(17-12-6-2-7-13-17)18-14-8-3-9-15-18/h1-6H2,(H,49,50,51);1-15H/q;+1/p-1. The van der Waals surface area contributed by atoms with Crippen LogP contribution in [0, 0.1) is 0 Å². The predicted octanol–water partition coefficient (Wildman–Crippen LogP) is 14.0. The van der Waals surface area contributed by atoms with Crippen molar-refractivity contribution in [2.75, 3.05) is 11.9 Å². The Bertz CT molecular complexity index is 2200. The van der Waals surface area contributed by atoms with Crippen molar-refractivity contribution in [2.45, 2.75) is 117 Å². The van der Waals surface area contributed by atoms with Gasteiger partial charge in [-0.15, -0.1) is 0 Å². The molecule has 410 valence electrons. The zero-order valence-corrected chi connectivity index (χ0v) is 37.7. The molecule has 0 aliphatic heterocycles. The number of hydrogen-bond donors (Lipinski definition) is 0. The van der Waals surface area contributed by atoms with E-state index >= 15 is 17.6 Å². The van der Waals surface area contributed by atoms with Gasteiger partial charge < -0.3 is 9.29 Å². The SMILES string of the molecule is O=C(OCCCCCCBr)C(C(F)(F)C(F)(F)C(F)(F)C(F)(F)C(F)(F)C(F)(F)F)(C(F)(F)C(F)(F)C(F)(F)C(F)(F)C(F)(F)C(F)(F)F)S(=O)(=O)[O-].c1ccc([S+](c2ccccc2)c2ccccc2)cc1. The molecule has 0 unspecified atom stereocenters. The number of carbonyl (C=O) groups is 1. The molecule has 0 heterocycles. The summed E-state index contributed by atoms with van der Waals surface area (Å²) >= 11 is 2.73. The Morgan fingerprint density at radius 2 is 0.667 bits per heavy atom. The zero-order valence-electron chi connectivity index (χ0n) is 34.5. The zero-order chi connectivity index (χ0) is 56.4. The van der Waals surface area contributed by atoms with Crippen LogP contribution in [0.15, 0.2) is 106 Å². The molecule has 34 heteroatoms. The van der Waals surface area contributed by atoms with Crippen LogP contribution in [-0.4, -0.2) is 107 Å². The molecule has 0 radical (unpaired) electrons. The van der Waals surface area contributed by atoms with Gasteiger partial charge in [-0.05, 0) is 49.2 Å². The topological polar surface area (TPSA) is 83.5 Å². The van der Waals surface area contributed by atoms with Crippen molar-refractivity contribution in [1.82, 2.24) is 0 Å². The lowest BCUT2D eigenvalue weighted by atomic mass is 9.78. The fourth-order valence-electron chi connectivity index (χ4n) is 5.75. The van der Waals surface area contributed by atoms with Gasteiger partial charge in [0, 0.05) is 5.33 Å². The first kappa shape index (κ1) is 64.2. The smallest absolute Gasteiger partial charge is 0.460 e. The molecule has 5 nitrogen and oxygen atoms in total. The molecule has 0 spiro atoms. The summed E-state index contributed by atoms with van der Waals surface area (Å²) < 4.78 is 387. The molecule has 0 atom stereocenters. The number of halogens is 27. The number of rotatable bonds is 21. The Labute approximate surface area is 398 Å². The van der Waals surface area contributed by atoms with Gasteiger partial charge in [0.15, 0.2) is 14.7 Å². The van der Waals surface area contributed by atoms with Crippen molar-refractivity contribution in [1.29, 1.82) is 0 Å². The Hall–Kier alpha value is -3.95. The fraction of sp³-hybridized carbons (Fsp3) is 0.500. The monoisotopic (exact) mass is 1200 g/mol. The molecule has 0 saturated carbocycles. The molecule has 3 rings (SSSR count). The van der Waals surface area contributed by atoms with Crippen LogP contribution in [0.2, 0.25) is 0 Å². The molecule has 0 bridgehead atoms. The minimum atomic E-state index is -9.92. The second-order valence-corrected chi connectivity index (χ2v) is 18.7. The predicted molar refractivity (Wildman–Crippen MR) is 199 cm³/mol. The van der Waals surface area contributed by atoms with E-state index in [0.29, 0.717) is 0 Å². The van der Waals surface area contributed by atoms with Gasteiger partial charge in [-0.1, -0.05) is 83.4 Å². The summed E-state index contributed by atoms with van der Waals surface area (Å²) in [6.07, 6.45) is -18.9. The van der Waals surface area contributed by atoms with Crippen LogP contribution < -0.4 is 0 Å². The molecular weight excluding hydrogens is 1170 g/mol. The van der Waals surface area contributed by atoms with Crippen molar-refractivity contribution >= 4 is 42.9 Å². The maximum absolute atomic E-state index is 15.2. The maximum atomic E-state index is 15.2. The summed E-state index contributed by atoms with van der Waals surface area (Å²) in [5.41, 5.74) is 0. The van der Waals surface area contributed by atoms with Crippen molar-refractivity contribution in [3.05, 3.63) is 91.0 Å². The number of hydrogen-bond acceptors (Lipinski definition) is 5. The van der Waals surface area contributed by atoms with Crippen LogP contribution >= 0.6 is 15.9 Å². The van der Waals surface area contributed by atoms with Gasteiger partial charge in [-0.3, -0.25) is 0 Å². The van der Waals surface area contributed by atoms with E-state index in [4.69, 9.17) is 0 Å². The van der Waals surface area contributed by atoms with E-state index in [1.807, 2.05) is 0 Å². The van der Waals surface area contributed by atoms with Gasteiger partial charge in [0.25, 0.3) is 4.75 Å². The van der Waals surface area contributed by atoms with Gasteiger partial charge in [0.2, 0.25) is 0 Å². The number of benzene rings is 3. The largest absolute Gasteiger partial charge is 0.747 e. The van der Waals surface area contributed by atoms with E-state index in [2.05, 4.69) is 112 Å². The van der Waals surface area contributed by atoms with Crippen LogP contribution in [0.1, 0.15) is 25.7 Å². The third kappa shape index (κ3) is 10.5. The number of ether oxygens (including phenoxy) is 1. The first-order chi connectivity index (χ1) is 32.2. The number of carbonyl (C=O) groups excluding carboxylic acids is 1. The molecule has 0 saturated heterocycles. The average Bonchev–Trinajstić information content (AvgIpc) is 3.24. The molecule has 72 heavy (non-hydrogen) atoms. The summed E-state index contributed by atoms with van der Waals surface area (Å²) in [7, 11) is -9.88. The van der Waals surface area contributed by atoms with E-state index in [-0.39, 0.29) is 29.1 Å². The van der Waals surface area contributed by atoms with E-state index < -0.39 is 112 Å². The van der Waals surface area contributed by atoms with Crippen molar-refractivity contribution in [2.24, 2.45) is 0 Å². The minimum absolute atomic E-state index is 0.0146. The molecule has 0 aromatic heterocycles. The molecule has 0 aliphatic carbocycles. The molecular formula is C38H27BrF26O5S2. The summed E-state index contributed by atoms with van der Waals surface area (Å²) in [5, 5.41) is 0.0192. The summed E-state index contributed by atoms with van der Waals surface area (Å²) in [5.74, 6) is -101. The highest BCUT2D eigenvalue weighted by molar-refractivity contribution is 9.09. The lowest BCUT2D eigenvalue weighted by Gasteiger charge is -2.51. The molecule has 3 aromatic carbocycles. The Kier molecular flexibility index (Phi) is 19.0. The number of unbranched alkanes of at least 4 members (excludes halogenated alkanes) is 3. The normalized spacial score (nSPS) is 14.7. The van der Waals surface area contributed by atoms with Gasteiger partial charge in [0.05, 0.1) is 17.5 Å². The van der Waals surface area contributed by atoms with Gasteiger partial charge in [-0.25, -0.2) is 13.2 Å². The van der Waals surface area contributed by atoms with Crippen molar-refractivity contribution < 1.29 is 137 Å². The second-order valence-electron chi connectivity index (χ2n) is 14.4. The summed E-state index contributed by atoms with van der Waals surface area (Å²) in [4.78, 5) is 16.4. The van der Waals surface area contributed by atoms with Crippen LogP contribution in [0.4, 0.5) is 114 Å². The third-order valence-corrected chi connectivity index (χ3v) is 13.8. The minimum Gasteiger partial charge on any atom is -0.747 e.